The number of rotatable bonds is 1. The van der Waals surface area contributed by atoms with E-state index in [9.17, 15) is 4.79 Å². The number of benzene rings is 1. The molecule has 1 aliphatic rings. The predicted molar refractivity (Wildman–Crippen MR) is 56.0 cm³/mol. The summed E-state index contributed by atoms with van der Waals surface area (Å²) in [6.07, 6.45) is 4.60. The van der Waals surface area contributed by atoms with Crippen molar-refractivity contribution in [1.82, 2.24) is 0 Å². The van der Waals surface area contributed by atoms with Crippen molar-refractivity contribution in [3.05, 3.63) is 59.9 Å². The smallest absolute Gasteiger partial charge is 0.210 e. The van der Waals surface area contributed by atoms with Crippen molar-refractivity contribution in [2.24, 2.45) is 0 Å². The molecule has 0 radical (unpaired) electrons. The van der Waals surface area contributed by atoms with Crippen LogP contribution >= 0.6 is 0 Å². The van der Waals surface area contributed by atoms with E-state index in [0.29, 0.717) is 6.42 Å². The first-order chi connectivity index (χ1) is 7.34. The molecule has 0 saturated carbocycles. The Morgan fingerprint density at radius 1 is 1.07 bits per heavy atom. The standard InChI is InChI=1S/C13H10NO/c15-13-9-10-8-11(4-5-12(10)13)14-6-2-1-3-7-14/h1-8H,9H2/q+1. The highest BCUT2D eigenvalue weighted by atomic mass is 16.1. The number of aromatic nitrogens is 1. The molecular weight excluding hydrogens is 186 g/mol. The van der Waals surface area contributed by atoms with Gasteiger partial charge in [-0.2, -0.15) is 4.57 Å². The molecule has 1 aromatic carbocycles. The van der Waals surface area contributed by atoms with Gasteiger partial charge in [0.25, 0.3) is 0 Å². The lowest BCUT2D eigenvalue weighted by molar-refractivity contribution is -0.595. The number of hydrogen-bond acceptors (Lipinski definition) is 1. The Hall–Kier alpha value is -1.96. The van der Waals surface area contributed by atoms with Crippen LogP contribution in [0.25, 0.3) is 5.69 Å². The molecule has 2 nitrogen and oxygen atoms in total. The minimum atomic E-state index is 0.259. The predicted octanol–water partition coefficient (Wildman–Crippen LogP) is 1.70. The molecule has 0 amide bonds. The zero-order valence-corrected chi connectivity index (χ0v) is 8.18. The zero-order valence-electron chi connectivity index (χ0n) is 8.18. The lowest BCUT2D eigenvalue weighted by Crippen LogP contribution is -2.30. The molecular formula is C13H10NO+. The lowest BCUT2D eigenvalue weighted by atomic mass is 9.87. The summed E-state index contributed by atoms with van der Waals surface area (Å²) in [7, 11) is 0. The van der Waals surface area contributed by atoms with E-state index in [-0.39, 0.29) is 5.78 Å². The number of nitrogens with zero attached hydrogens (tertiary/aromatic N) is 1. The van der Waals surface area contributed by atoms with Gasteiger partial charge in [0.05, 0.1) is 0 Å². The van der Waals surface area contributed by atoms with Crippen LogP contribution in [0.4, 0.5) is 0 Å². The average Bonchev–Trinajstić information content (AvgIpc) is 2.28. The molecule has 0 unspecified atom stereocenters. The molecule has 1 aromatic heterocycles. The third kappa shape index (κ3) is 1.26. The molecule has 0 bridgehead atoms. The third-order valence-corrected chi connectivity index (χ3v) is 2.75. The Labute approximate surface area is 87.8 Å². The Morgan fingerprint density at radius 3 is 2.53 bits per heavy atom. The number of Topliss-reactive ketones (excluding diaryl/α,β-unsaturated/α-hetero) is 1. The quantitative estimate of drug-likeness (QED) is 0.636. The summed E-state index contributed by atoms with van der Waals surface area (Å²) in [4.78, 5) is 11.2. The molecule has 0 fully saturated rings. The molecule has 0 spiro atoms. The SMILES string of the molecule is O=C1Cc2cc(-[n+]3ccccc3)ccc21. The van der Waals surface area contributed by atoms with Crippen LogP contribution in [0.3, 0.4) is 0 Å². The highest BCUT2D eigenvalue weighted by molar-refractivity contribution is 6.06. The molecule has 0 saturated heterocycles. The van der Waals surface area contributed by atoms with Gasteiger partial charge in [0.2, 0.25) is 5.69 Å². The Bertz CT molecular complexity index is 531. The fourth-order valence-electron chi connectivity index (χ4n) is 1.89. The molecule has 2 aromatic rings. The molecule has 1 heterocycles. The molecule has 72 valence electrons. The zero-order chi connectivity index (χ0) is 10.3. The molecule has 2 heteroatoms. The Morgan fingerprint density at radius 2 is 1.87 bits per heavy atom. The largest absolute Gasteiger partial charge is 0.294 e. The van der Waals surface area contributed by atoms with Gasteiger partial charge in [0, 0.05) is 36.2 Å². The van der Waals surface area contributed by atoms with Gasteiger partial charge in [-0.25, -0.2) is 0 Å². The van der Waals surface area contributed by atoms with Crippen molar-refractivity contribution in [3.63, 3.8) is 0 Å². The van der Waals surface area contributed by atoms with Gasteiger partial charge in [-0.05, 0) is 11.6 Å². The van der Waals surface area contributed by atoms with Crippen molar-refractivity contribution in [3.8, 4) is 5.69 Å². The van der Waals surface area contributed by atoms with E-state index in [0.717, 1.165) is 16.8 Å². The molecule has 0 aliphatic heterocycles. The highest BCUT2D eigenvalue weighted by Gasteiger charge is 2.24. The summed E-state index contributed by atoms with van der Waals surface area (Å²) >= 11 is 0. The van der Waals surface area contributed by atoms with Crippen LogP contribution in [0.1, 0.15) is 15.9 Å². The van der Waals surface area contributed by atoms with E-state index in [1.807, 2.05) is 47.3 Å². The van der Waals surface area contributed by atoms with Crippen molar-refractivity contribution in [2.45, 2.75) is 6.42 Å². The number of fused-ring (bicyclic) bond motifs is 1. The summed E-state index contributed by atoms with van der Waals surface area (Å²) in [5.74, 6) is 0.259. The maximum atomic E-state index is 11.2. The Balaban J connectivity index is 2.08. The summed E-state index contributed by atoms with van der Waals surface area (Å²) in [6.45, 7) is 0. The van der Waals surface area contributed by atoms with Gasteiger partial charge < -0.3 is 0 Å². The van der Waals surface area contributed by atoms with E-state index in [4.69, 9.17) is 0 Å². The highest BCUT2D eigenvalue weighted by Crippen LogP contribution is 2.23. The van der Waals surface area contributed by atoms with Gasteiger partial charge in [-0.3, -0.25) is 4.79 Å². The second-order valence-corrected chi connectivity index (χ2v) is 3.72. The minimum absolute atomic E-state index is 0.259. The average molecular weight is 196 g/mol. The lowest BCUT2D eigenvalue weighted by Gasteiger charge is -2.15. The molecule has 1 aliphatic carbocycles. The molecule has 0 N–H and O–H groups in total. The van der Waals surface area contributed by atoms with Crippen molar-refractivity contribution in [2.75, 3.05) is 0 Å². The maximum absolute atomic E-state index is 11.2. The third-order valence-electron chi connectivity index (χ3n) is 2.75. The first-order valence-corrected chi connectivity index (χ1v) is 4.97. The van der Waals surface area contributed by atoms with Gasteiger partial charge in [0.1, 0.15) is 0 Å². The van der Waals surface area contributed by atoms with Crippen LogP contribution in [0.15, 0.2) is 48.8 Å². The van der Waals surface area contributed by atoms with E-state index in [1.165, 1.54) is 0 Å². The van der Waals surface area contributed by atoms with E-state index < -0.39 is 0 Å². The summed E-state index contributed by atoms with van der Waals surface area (Å²) in [5, 5.41) is 0. The van der Waals surface area contributed by atoms with Crippen molar-refractivity contribution >= 4 is 5.78 Å². The monoisotopic (exact) mass is 196 g/mol. The van der Waals surface area contributed by atoms with Crippen LogP contribution in [0.2, 0.25) is 0 Å². The van der Waals surface area contributed by atoms with Crippen LogP contribution in [0.5, 0.6) is 0 Å². The minimum Gasteiger partial charge on any atom is -0.294 e. The van der Waals surface area contributed by atoms with Gasteiger partial charge in [-0.15, -0.1) is 0 Å². The number of carbonyl (C=O) groups is 1. The van der Waals surface area contributed by atoms with Gasteiger partial charge >= 0.3 is 0 Å². The fourth-order valence-corrected chi connectivity index (χ4v) is 1.89. The van der Waals surface area contributed by atoms with E-state index in [2.05, 4.69) is 6.07 Å². The van der Waals surface area contributed by atoms with Crippen LogP contribution in [0, 0.1) is 0 Å². The second-order valence-electron chi connectivity index (χ2n) is 3.72. The summed E-state index contributed by atoms with van der Waals surface area (Å²) < 4.78 is 2.04. The fraction of sp³-hybridized carbons (Fsp3) is 0.0769. The number of carbonyl (C=O) groups excluding carboxylic acids is 1. The van der Waals surface area contributed by atoms with Crippen LogP contribution < -0.4 is 4.57 Å². The normalized spacial score (nSPS) is 13.2. The van der Waals surface area contributed by atoms with Crippen LogP contribution in [-0.2, 0) is 6.42 Å². The van der Waals surface area contributed by atoms with Gasteiger partial charge in [-0.1, -0.05) is 6.07 Å². The van der Waals surface area contributed by atoms with Crippen LogP contribution in [-0.4, -0.2) is 5.78 Å². The summed E-state index contributed by atoms with van der Waals surface area (Å²) in [6, 6.07) is 11.9. The van der Waals surface area contributed by atoms with Gasteiger partial charge in [0.15, 0.2) is 18.2 Å². The van der Waals surface area contributed by atoms with E-state index in [1.54, 1.807) is 0 Å². The number of hydrogen-bond donors (Lipinski definition) is 0. The first kappa shape index (κ1) is 8.36. The van der Waals surface area contributed by atoms with Crippen molar-refractivity contribution < 1.29 is 9.36 Å². The van der Waals surface area contributed by atoms with E-state index >= 15 is 0 Å². The summed E-state index contributed by atoms with van der Waals surface area (Å²) in [5.41, 5.74) is 3.16. The number of ketones is 1. The molecule has 3 rings (SSSR count). The van der Waals surface area contributed by atoms with Crippen molar-refractivity contribution in [1.29, 1.82) is 0 Å². The molecule has 0 atom stereocenters. The molecule has 15 heavy (non-hydrogen) atoms. The maximum Gasteiger partial charge on any atom is 0.210 e. The second kappa shape index (κ2) is 3.02. The topological polar surface area (TPSA) is 20.9 Å². The Kier molecular flexibility index (Phi) is 1.68. The number of pyridine rings is 1. The first-order valence-electron chi connectivity index (χ1n) is 4.97.